The Balaban J connectivity index is 1.35. The Labute approximate surface area is 253 Å². The van der Waals surface area contributed by atoms with Crippen LogP contribution in [0.25, 0.3) is 22.2 Å². The van der Waals surface area contributed by atoms with Crippen LogP contribution in [0.1, 0.15) is 62.1 Å². The number of fused-ring (bicyclic) bond motifs is 1. The molecule has 220 valence electrons. The molecule has 0 amide bonds. The lowest BCUT2D eigenvalue weighted by atomic mass is 9.93. The summed E-state index contributed by atoms with van der Waals surface area (Å²) in [4.78, 5) is 28.8. The highest BCUT2D eigenvalue weighted by Gasteiger charge is 2.25. The molecule has 7 nitrogen and oxygen atoms in total. The maximum Gasteiger partial charge on any atom is 0.260 e. The van der Waals surface area contributed by atoms with E-state index in [0.717, 1.165) is 61.0 Å². The number of nitrogens with one attached hydrogen (secondary N) is 1. The predicted octanol–water partition coefficient (Wildman–Crippen LogP) is 7.51. The molecule has 0 radical (unpaired) electrons. The third-order valence-electron chi connectivity index (χ3n) is 9.28. The van der Waals surface area contributed by atoms with Crippen molar-refractivity contribution >= 4 is 40.0 Å². The van der Waals surface area contributed by atoms with Crippen LogP contribution in [0.5, 0.6) is 0 Å². The molecule has 2 aliphatic rings. The molecule has 6 rings (SSSR count). The van der Waals surface area contributed by atoms with Gasteiger partial charge in [-0.05, 0) is 89.0 Å². The van der Waals surface area contributed by atoms with E-state index in [0.29, 0.717) is 28.2 Å². The van der Waals surface area contributed by atoms with Gasteiger partial charge in [-0.2, -0.15) is 4.98 Å². The van der Waals surface area contributed by atoms with Crippen molar-refractivity contribution in [3.8, 4) is 11.1 Å². The van der Waals surface area contributed by atoms with E-state index in [1.165, 1.54) is 30.5 Å². The minimum Gasteiger partial charge on any atom is -0.371 e. The number of aryl methyl sites for hydroxylation is 2. The summed E-state index contributed by atoms with van der Waals surface area (Å²) in [5.74, 6) is 0.496. The van der Waals surface area contributed by atoms with Crippen molar-refractivity contribution < 1.29 is 0 Å². The third kappa shape index (κ3) is 5.52. The summed E-state index contributed by atoms with van der Waals surface area (Å²) >= 11 is 6.61. The van der Waals surface area contributed by atoms with E-state index in [2.05, 4.69) is 54.3 Å². The number of hydrogen-bond donors (Lipinski definition) is 1. The SMILES string of the molecule is Cc1cc(Nc2ncc3c(C)c(-c4ccccc4Cl)c(=O)n(C4CCCCC4)c3n2)ccc1N1CCC(N(C)C)CC1. The van der Waals surface area contributed by atoms with Crippen LogP contribution >= 0.6 is 11.6 Å². The summed E-state index contributed by atoms with van der Waals surface area (Å²) in [6.07, 6.45) is 9.59. The van der Waals surface area contributed by atoms with E-state index < -0.39 is 0 Å². The molecular formula is C34H41ClN6O. The number of anilines is 3. The molecule has 0 bridgehead atoms. The fraction of sp³-hybridized carbons (Fsp3) is 0.441. The largest absolute Gasteiger partial charge is 0.371 e. The van der Waals surface area contributed by atoms with Crippen LogP contribution in [0.3, 0.4) is 0 Å². The van der Waals surface area contributed by atoms with Crippen LogP contribution in [0.4, 0.5) is 17.3 Å². The van der Waals surface area contributed by atoms with Crippen molar-refractivity contribution in [3.05, 3.63) is 75.2 Å². The summed E-state index contributed by atoms with van der Waals surface area (Å²) in [6, 6.07) is 14.8. The molecule has 4 aromatic rings. The number of hydrogen-bond acceptors (Lipinski definition) is 6. The molecule has 42 heavy (non-hydrogen) atoms. The first-order valence-electron chi connectivity index (χ1n) is 15.3. The van der Waals surface area contributed by atoms with Gasteiger partial charge in [0.15, 0.2) is 0 Å². The van der Waals surface area contributed by atoms with Gasteiger partial charge in [-0.1, -0.05) is 49.1 Å². The summed E-state index contributed by atoms with van der Waals surface area (Å²) in [6.45, 7) is 6.28. The second-order valence-electron chi connectivity index (χ2n) is 12.2. The molecule has 1 saturated heterocycles. The average Bonchev–Trinajstić information content (AvgIpc) is 2.99. The van der Waals surface area contributed by atoms with Crippen molar-refractivity contribution in [1.29, 1.82) is 0 Å². The van der Waals surface area contributed by atoms with Crippen LogP contribution in [-0.2, 0) is 0 Å². The molecule has 1 aliphatic carbocycles. The van der Waals surface area contributed by atoms with Gasteiger partial charge < -0.3 is 15.1 Å². The molecule has 1 N–H and O–H groups in total. The van der Waals surface area contributed by atoms with E-state index >= 15 is 0 Å². The van der Waals surface area contributed by atoms with Crippen molar-refractivity contribution in [2.75, 3.05) is 37.4 Å². The Hall–Kier alpha value is -3.42. The number of nitrogens with zero attached hydrogens (tertiary/aromatic N) is 5. The van der Waals surface area contributed by atoms with Gasteiger partial charge in [0.05, 0.1) is 5.56 Å². The second-order valence-corrected chi connectivity index (χ2v) is 12.6. The molecule has 1 saturated carbocycles. The van der Waals surface area contributed by atoms with E-state index in [4.69, 9.17) is 21.6 Å². The third-order valence-corrected chi connectivity index (χ3v) is 9.61. The first-order valence-corrected chi connectivity index (χ1v) is 15.7. The molecule has 0 atom stereocenters. The molecule has 3 heterocycles. The van der Waals surface area contributed by atoms with Gasteiger partial charge in [0, 0.05) is 58.7 Å². The van der Waals surface area contributed by atoms with Crippen LogP contribution < -0.4 is 15.8 Å². The van der Waals surface area contributed by atoms with Gasteiger partial charge in [-0.3, -0.25) is 9.36 Å². The Morgan fingerprint density at radius 2 is 1.71 bits per heavy atom. The predicted molar refractivity (Wildman–Crippen MR) is 174 cm³/mol. The lowest BCUT2D eigenvalue weighted by molar-refractivity contribution is 0.249. The first-order chi connectivity index (χ1) is 20.3. The Morgan fingerprint density at radius 1 is 0.976 bits per heavy atom. The zero-order valence-electron chi connectivity index (χ0n) is 25.2. The maximum atomic E-state index is 14.2. The molecular weight excluding hydrogens is 544 g/mol. The smallest absolute Gasteiger partial charge is 0.260 e. The van der Waals surface area contributed by atoms with Crippen molar-refractivity contribution in [2.45, 2.75) is 70.9 Å². The quantitative estimate of drug-likeness (QED) is 0.253. The number of rotatable bonds is 6. The summed E-state index contributed by atoms with van der Waals surface area (Å²) < 4.78 is 1.93. The summed E-state index contributed by atoms with van der Waals surface area (Å²) in [5, 5.41) is 4.89. The Morgan fingerprint density at radius 3 is 2.40 bits per heavy atom. The minimum absolute atomic E-state index is 0.0251. The zero-order chi connectivity index (χ0) is 29.4. The van der Waals surface area contributed by atoms with Crippen molar-refractivity contribution in [3.63, 3.8) is 0 Å². The van der Waals surface area contributed by atoms with Gasteiger partial charge in [0.25, 0.3) is 5.56 Å². The van der Waals surface area contributed by atoms with Crippen LogP contribution in [0, 0.1) is 13.8 Å². The van der Waals surface area contributed by atoms with Crippen LogP contribution in [0.2, 0.25) is 5.02 Å². The minimum atomic E-state index is -0.0251. The summed E-state index contributed by atoms with van der Waals surface area (Å²) in [7, 11) is 4.35. The van der Waals surface area contributed by atoms with Gasteiger partial charge >= 0.3 is 0 Å². The molecule has 2 aromatic carbocycles. The highest BCUT2D eigenvalue weighted by atomic mass is 35.5. The molecule has 0 spiro atoms. The van der Waals surface area contributed by atoms with E-state index in [1.54, 1.807) is 0 Å². The number of aromatic nitrogens is 3. The highest BCUT2D eigenvalue weighted by Crippen LogP contribution is 2.35. The molecule has 0 unspecified atom stereocenters. The lowest BCUT2D eigenvalue weighted by Gasteiger charge is -2.37. The van der Waals surface area contributed by atoms with Gasteiger partial charge in [0.1, 0.15) is 5.65 Å². The van der Waals surface area contributed by atoms with E-state index in [-0.39, 0.29) is 11.6 Å². The topological polar surface area (TPSA) is 66.3 Å². The maximum absolute atomic E-state index is 14.2. The lowest BCUT2D eigenvalue weighted by Crippen LogP contribution is -2.42. The number of piperidine rings is 1. The van der Waals surface area contributed by atoms with Gasteiger partial charge in [0.2, 0.25) is 5.95 Å². The molecule has 8 heteroatoms. The molecule has 1 aliphatic heterocycles. The number of benzene rings is 2. The second kappa shape index (κ2) is 12.1. The van der Waals surface area contributed by atoms with E-state index in [1.807, 2.05) is 42.0 Å². The molecule has 2 aromatic heterocycles. The Kier molecular flexibility index (Phi) is 8.24. The Bertz CT molecular complexity index is 1650. The standard InChI is InChI=1S/C34H41ClN6O/c1-22-20-24(14-15-30(22)40-18-16-25(17-19-40)39(3)4)37-34-36-21-28-23(2)31(27-12-8-9-13-29(27)35)33(42)41(32(28)38-34)26-10-6-5-7-11-26/h8-9,12-15,20-21,25-26H,5-7,10-11,16-19H2,1-4H3,(H,36,37,38). The summed E-state index contributed by atoms with van der Waals surface area (Å²) in [5.41, 5.74) is 6.38. The average molecular weight is 585 g/mol. The highest BCUT2D eigenvalue weighted by molar-refractivity contribution is 6.33. The molecule has 2 fully saturated rings. The van der Waals surface area contributed by atoms with E-state index in [9.17, 15) is 4.79 Å². The van der Waals surface area contributed by atoms with Crippen LogP contribution in [-0.4, -0.2) is 52.7 Å². The first kappa shape index (κ1) is 28.7. The normalized spacial score (nSPS) is 16.9. The van der Waals surface area contributed by atoms with Crippen molar-refractivity contribution in [2.24, 2.45) is 0 Å². The van der Waals surface area contributed by atoms with Gasteiger partial charge in [-0.15, -0.1) is 0 Å². The van der Waals surface area contributed by atoms with Crippen LogP contribution in [0.15, 0.2) is 53.5 Å². The monoisotopic (exact) mass is 584 g/mol. The zero-order valence-corrected chi connectivity index (χ0v) is 25.9. The fourth-order valence-electron chi connectivity index (χ4n) is 6.89. The van der Waals surface area contributed by atoms with Crippen molar-refractivity contribution in [1.82, 2.24) is 19.4 Å². The number of halogens is 1. The fourth-order valence-corrected chi connectivity index (χ4v) is 7.12. The number of pyridine rings is 1. The van der Waals surface area contributed by atoms with Gasteiger partial charge in [-0.25, -0.2) is 4.98 Å².